The largest absolute Gasteiger partial charge is 0.327 e. The number of nitrogens with two attached hydrogens (primary N) is 1. The van der Waals surface area contributed by atoms with E-state index in [1.165, 1.54) is 27.8 Å². The van der Waals surface area contributed by atoms with E-state index in [1.807, 2.05) is 0 Å². The van der Waals surface area contributed by atoms with Gasteiger partial charge in [-0.05, 0) is 30.5 Å². The Kier molecular flexibility index (Phi) is 3.96. The van der Waals surface area contributed by atoms with Crippen LogP contribution in [0.25, 0.3) is 5.57 Å². The first-order valence-corrected chi connectivity index (χ1v) is 6.25. The molecule has 0 atom stereocenters. The molecule has 18 heavy (non-hydrogen) atoms. The third-order valence-electron chi connectivity index (χ3n) is 2.98. The van der Waals surface area contributed by atoms with Gasteiger partial charge in [0.05, 0.1) is 0 Å². The lowest BCUT2D eigenvalue weighted by Gasteiger charge is -2.10. The Morgan fingerprint density at radius 1 is 0.944 bits per heavy atom. The van der Waals surface area contributed by atoms with Gasteiger partial charge in [0.25, 0.3) is 0 Å². The Hall–Kier alpha value is -1.86. The van der Waals surface area contributed by atoms with Crippen molar-refractivity contribution in [1.29, 1.82) is 0 Å². The molecule has 0 bridgehead atoms. The highest BCUT2D eigenvalue weighted by molar-refractivity contribution is 5.80. The second-order valence-electron chi connectivity index (χ2n) is 4.59. The first kappa shape index (κ1) is 12.6. The Morgan fingerprint density at radius 3 is 1.83 bits per heavy atom. The lowest BCUT2D eigenvalue weighted by molar-refractivity contribution is 1.25. The van der Waals surface area contributed by atoms with Gasteiger partial charge in [-0.1, -0.05) is 65.7 Å². The zero-order valence-corrected chi connectivity index (χ0v) is 11.0. The van der Waals surface area contributed by atoms with Crippen LogP contribution in [0.3, 0.4) is 0 Å². The molecule has 0 aromatic heterocycles. The second-order valence-corrected chi connectivity index (χ2v) is 4.59. The van der Waals surface area contributed by atoms with Crippen LogP contribution in [-0.4, -0.2) is 6.54 Å². The summed E-state index contributed by atoms with van der Waals surface area (Å²) in [6.45, 7) is 4.77. The average Bonchev–Trinajstić information content (AvgIpc) is 2.36. The fraction of sp³-hybridized carbons (Fsp3) is 0.176. The van der Waals surface area contributed by atoms with Gasteiger partial charge in [0.15, 0.2) is 0 Å². The molecule has 0 radical (unpaired) electrons. The van der Waals surface area contributed by atoms with Gasteiger partial charge in [-0.15, -0.1) is 0 Å². The van der Waals surface area contributed by atoms with Crippen LogP contribution in [-0.2, 0) is 0 Å². The highest BCUT2D eigenvalue weighted by Gasteiger charge is 2.04. The molecule has 92 valence electrons. The van der Waals surface area contributed by atoms with E-state index in [4.69, 9.17) is 5.73 Å². The van der Waals surface area contributed by atoms with Gasteiger partial charge in [-0.2, -0.15) is 0 Å². The Labute approximate surface area is 109 Å². The third kappa shape index (κ3) is 2.88. The summed E-state index contributed by atoms with van der Waals surface area (Å²) in [5.74, 6) is 0. The van der Waals surface area contributed by atoms with E-state index in [9.17, 15) is 0 Å². The van der Waals surface area contributed by atoms with Gasteiger partial charge in [0.1, 0.15) is 0 Å². The zero-order valence-electron chi connectivity index (χ0n) is 11.0. The van der Waals surface area contributed by atoms with Crippen molar-refractivity contribution in [2.75, 3.05) is 6.54 Å². The maximum absolute atomic E-state index is 5.70. The number of hydrogen-bond acceptors (Lipinski definition) is 1. The van der Waals surface area contributed by atoms with Gasteiger partial charge >= 0.3 is 0 Å². The molecule has 2 rings (SSSR count). The summed E-state index contributed by atoms with van der Waals surface area (Å²) >= 11 is 0. The van der Waals surface area contributed by atoms with Crippen LogP contribution in [0.15, 0.2) is 54.6 Å². The summed E-state index contributed by atoms with van der Waals surface area (Å²) in [5.41, 5.74) is 11.9. The fourth-order valence-corrected chi connectivity index (χ4v) is 2.15. The number of rotatable bonds is 3. The fourth-order valence-electron chi connectivity index (χ4n) is 2.15. The maximum Gasteiger partial charge on any atom is 0.0116 e. The number of aryl methyl sites for hydroxylation is 2. The molecule has 0 spiro atoms. The van der Waals surface area contributed by atoms with Gasteiger partial charge in [0, 0.05) is 6.54 Å². The highest BCUT2D eigenvalue weighted by atomic mass is 14.5. The summed E-state index contributed by atoms with van der Waals surface area (Å²) in [5, 5.41) is 0. The molecule has 0 aliphatic rings. The van der Waals surface area contributed by atoms with Crippen LogP contribution < -0.4 is 5.73 Å². The number of benzene rings is 2. The molecule has 2 N–H and O–H groups in total. The zero-order chi connectivity index (χ0) is 13.0. The molecule has 2 aromatic rings. The van der Waals surface area contributed by atoms with E-state index < -0.39 is 0 Å². The lowest BCUT2D eigenvalue weighted by atomic mass is 9.95. The van der Waals surface area contributed by atoms with Crippen LogP contribution in [0, 0.1) is 13.8 Å². The lowest BCUT2D eigenvalue weighted by Crippen LogP contribution is -1.97. The SMILES string of the molecule is Cc1cccc(C(=CCN)c2cccc(C)c2)c1. The summed E-state index contributed by atoms with van der Waals surface area (Å²) in [4.78, 5) is 0. The van der Waals surface area contributed by atoms with Crippen molar-refractivity contribution in [2.24, 2.45) is 5.73 Å². The molecule has 0 fully saturated rings. The maximum atomic E-state index is 5.70. The van der Waals surface area contributed by atoms with E-state index >= 15 is 0 Å². The van der Waals surface area contributed by atoms with E-state index in [2.05, 4.69) is 68.5 Å². The molecule has 1 heteroatoms. The molecule has 0 heterocycles. The van der Waals surface area contributed by atoms with E-state index in [-0.39, 0.29) is 0 Å². The van der Waals surface area contributed by atoms with Crippen molar-refractivity contribution < 1.29 is 0 Å². The van der Waals surface area contributed by atoms with Crippen LogP contribution in [0.1, 0.15) is 22.3 Å². The van der Waals surface area contributed by atoms with E-state index in [0.717, 1.165) is 0 Å². The Morgan fingerprint density at radius 2 is 1.44 bits per heavy atom. The second kappa shape index (κ2) is 5.65. The van der Waals surface area contributed by atoms with Gasteiger partial charge in [-0.3, -0.25) is 0 Å². The van der Waals surface area contributed by atoms with Crippen molar-refractivity contribution >= 4 is 5.57 Å². The minimum absolute atomic E-state index is 0.553. The molecular weight excluding hydrogens is 218 g/mol. The van der Waals surface area contributed by atoms with Gasteiger partial charge < -0.3 is 5.73 Å². The van der Waals surface area contributed by atoms with Gasteiger partial charge in [-0.25, -0.2) is 0 Å². The minimum atomic E-state index is 0.553. The van der Waals surface area contributed by atoms with Crippen molar-refractivity contribution in [3.8, 4) is 0 Å². The van der Waals surface area contributed by atoms with Crippen LogP contribution in [0.4, 0.5) is 0 Å². The molecule has 0 aliphatic carbocycles. The Balaban J connectivity index is 2.50. The van der Waals surface area contributed by atoms with Crippen LogP contribution >= 0.6 is 0 Å². The van der Waals surface area contributed by atoms with Crippen molar-refractivity contribution in [1.82, 2.24) is 0 Å². The predicted molar refractivity (Wildman–Crippen MR) is 78.5 cm³/mol. The summed E-state index contributed by atoms with van der Waals surface area (Å²) in [7, 11) is 0. The van der Waals surface area contributed by atoms with Crippen molar-refractivity contribution in [3.63, 3.8) is 0 Å². The summed E-state index contributed by atoms with van der Waals surface area (Å²) in [6.07, 6.45) is 2.09. The number of hydrogen-bond donors (Lipinski definition) is 1. The molecule has 0 saturated carbocycles. The first-order valence-electron chi connectivity index (χ1n) is 6.25. The monoisotopic (exact) mass is 237 g/mol. The molecule has 0 saturated heterocycles. The smallest absolute Gasteiger partial charge is 0.0116 e. The quantitative estimate of drug-likeness (QED) is 0.865. The van der Waals surface area contributed by atoms with E-state index in [1.54, 1.807) is 0 Å². The summed E-state index contributed by atoms with van der Waals surface area (Å²) in [6, 6.07) is 17.1. The standard InChI is InChI=1S/C17H19N/c1-13-5-3-7-15(11-13)17(9-10-18)16-8-4-6-14(2)12-16/h3-9,11-12H,10,18H2,1-2H3. The minimum Gasteiger partial charge on any atom is -0.327 e. The topological polar surface area (TPSA) is 26.0 Å². The highest BCUT2D eigenvalue weighted by Crippen LogP contribution is 2.24. The Bertz CT molecular complexity index is 520. The first-order chi connectivity index (χ1) is 8.70. The molecule has 0 aliphatic heterocycles. The van der Waals surface area contributed by atoms with Crippen molar-refractivity contribution in [2.45, 2.75) is 13.8 Å². The molecule has 0 amide bonds. The normalized spacial score (nSPS) is 10.2. The molecule has 0 unspecified atom stereocenters. The van der Waals surface area contributed by atoms with Crippen LogP contribution in [0.2, 0.25) is 0 Å². The molecule has 2 aromatic carbocycles. The van der Waals surface area contributed by atoms with Crippen LogP contribution in [0.5, 0.6) is 0 Å². The molecule has 1 nitrogen and oxygen atoms in total. The predicted octanol–water partition coefficient (Wildman–Crippen LogP) is 3.69. The molecular formula is C17H19N. The average molecular weight is 237 g/mol. The third-order valence-corrected chi connectivity index (χ3v) is 2.98. The van der Waals surface area contributed by atoms with Crippen molar-refractivity contribution in [3.05, 3.63) is 76.9 Å². The van der Waals surface area contributed by atoms with E-state index in [0.29, 0.717) is 6.54 Å². The summed E-state index contributed by atoms with van der Waals surface area (Å²) < 4.78 is 0. The van der Waals surface area contributed by atoms with Gasteiger partial charge in [0.2, 0.25) is 0 Å².